The fraction of sp³-hybridized carbons (Fsp3) is 0.588. The zero-order valence-corrected chi connectivity index (χ0v) is 12.4. The van der Waals surface area contributed by atoms with E-state index in [-0.39, 0.29) is 5.92 Å². The summed E-state index contributed by atoms with van der Waals surface area (Å²) < 4.78 is 0. The first-order chi connectivity index (χ1) is 9.15. The van der Waals surface area contributed by atoms with Crippen LogP contribution in [0.2, 0.25) is 0 Å². The number of Topliss-reactive ketones (excluding diaryl/α,β-unsaturated/α-hetero) is 1. The van der Waals surface area contributed by atoms with Crippen molar-refractivity contribution >= 4 is 11.5 Å². The largest absolute Gasteiger partial charge is 0.371 e. The number of para-hydroxylation sites is 1. The summed E-state index contributed by atoms with van der Waals surface area (Å²) in [7, 11) is 2.15. The normalized spacial score (nSPS) is 23.1. The van der Waals surface area contributed by atoms with Crippen LogP contribution in [0.25, 0.3) is 0 Å². The highest BCUT2D eigenvalue weighted by molar-refractivity contribution is 5.82. The van der Waals surface area contributed by atoms with Crippen molar-refractivity contribution in [1.82, 2.24) is 0 Å². The van der Waals surface area contributed by atoms with Crippen LogP contribution < -0.4 is 4.90 Å². The van der Waals surface area contributed by atoms with Crippen LogP contribution in [0.15, 0.2) is 24.3 Å². The SMILES string of the molecule is CCC(=O)C1CCCCC1N(C)c1ccccc1C. The molecule has 1 aromatic rings. The van der Waals surface area contributed by atoms with Gasteiger partial charge in [0.05, 0.1) is 0 Å². The summed E-state index contributed by atoms with van der Waals surface area (Å²) in [5.41, 5.74) is 2.56. The van der Waals surface area contributed by atoms with Crippen LogP contribution in [0, 0.1) is 12.8 Å². The van der Waals surface area contributed by atoms with E-state index in [1.54, 1.807) is 0 Å². The highest BCUT2D eigenvalue weighted by atomic mass is 16.1. The molecule has 104 valence electrons. The molecule has 1 aromatic carbocycles. The van der Waals surface area contributed by atoms with E-state index in [1.807, 2.05) is 6.92 Å². The fourth-order valence-electron chi connectivity index (χ4n) is 3.35. The molecule has 2 nitrogen and oxygen atoms in total. The summed E-state index contributed by atoms with van der Waals surface area (Å²) >= 11 is 0. The lowest BCUT2D eigenvalue weighted by molar-refractivity contribution is -0.124. The van der Waals surface area contributed by atoms with Gasteiger partial charge in [-0.25, -0.2) is 0 Å². The highest BCUT2D eigenvalue weighted by Crippen LogP contribution is 2.33. The Hall–Kier alpha value is -1.31. The van der Waals surface area contributed by atoms with E-state index in [0.29, 0.717) is 18.2 Å². The number of nitrogens with zero attached hydrogens (tertiary/aromatic N) is 1. The molecular weight excluding hydrogens is 234 g/mol. The van der Waals surface area contributed by atoms with Crippen molar-refractivity contribution in [3.8, 4) is 0 Å². The summed E-state index contributed by atoms with van der Waals surface area (Å²) in [6, 6.07) is 8.84. The van der Waals surface area contributed by atoms with Crippen LogP contribution in [0.3, 0.4) is 0 Å². The molecule has 1 aliphatic rings. The van der Waals surface area contributed by atoms with Gasteiger partial charge in [-0.05, 0) is 31.4 Å². The average molecular weight is 259 g/mol. The molecule has 2 rings (SSSR count). The molecule has 2 unspecified atom stereocenters. The number of hydrogen-bond donors (Lipinski definition) is 0. The van der Waals surface area contributed by atoms with Crippen LogP contribution in [-0.4, -0.2) is 18.9 Å². The van der Waals surface area contributed by atoms with Crippen molar-refractivity contribution in [3.05, 3.63) is 29.8 Å². The van der Waals surface area contributed by atoms with Gasteiger partial charge in [-0.15, -0.1) is 0 Å². The molecule has 0 spiro atoms. The Morgan fingerprint density at radius 1 is 1.26 bits per heavy atom. The molecule has 2 atom stereocenters. The third-order valence-electron chi connectivity index (χ3n) is 4.48. The predicted octanol–water partition coefficient (Wildman–Crippen LogP) is 3.97. The molecule has 19 heavy (non-hydrogen) atoms. The Bertz CT molecular complexity index is 441. The summed E-state index contributed by atoms with van der Waals surface area (Å²) in [4.78, 5) is 14.5. The molecule has 0 aliphatic heterocycles. The molecule has 0 heterocycles. The molecular formula is C17H25NO. The maximum absolute atomic E-state index is 12.2. The Balaban J connectivity index is 2.22. The summed E-state index contributed by atoms with van der Waals surface area (Å²) in [5, 5.41) is 0. The van der Waals surface area contributed by atoms with Crippen LogP contribution in [0.4, 0.5) is 5.69 Å². The minimum Gasteiger partial charge on any atom is -0.371 e. The zero-order chi connectivity index (χ0) is 13.8. The lowest BCUT2D eigenvalue weighted by atomic mass is 9.80. The molecule has 2 heteroatoms. The zero-order valence-electron chi connectivity index (χ0n) is 12.4. The number of carbonyl (C=O) groups is 1. The predicted molar refractivity (Wildman–Crippen MR) is 80.6 cm³/mol. The van der Waals surface area contributed by atoms with Gasteiger partial charge in [0.1, 0.15) is 5.78 Å². The second-order valence-corrected chi connectivity index (χ2v) is 5.68. The van der Waals surface area contributed by atoms with E-state index in [4.69, 9.17) is 0 Å². The first-order valence-corrected chi connectivity index (χ1v) is 7.46. The third kappa shape index (κ3) is 2.99. The standard InChI is InChI=1S/C17H25NO/c1-4-17(19)14-10-6-8-12-16(14)18(3)15-11-7-5-9-13(15)2/h5,7,9,11,14,16H,4,6,8,10,12H2,1-3H3. The molecule has 0 amide bonds. The smallest absolute Gasteiger partial charge is 0.137 e. The number of carbonyl (C=O) groups excluding carboxylic acids is 1. The number of ketones is 1. The number of benzene rings is 1. The van der Waals surface area contributed by atoms with Crippen molar-refractivity contribution in [1.29, 1.82) is 0 Å². The van der Waals surface area contributed by atoms with Crippen molar-refractivity contribution in [2.75, 3.05) is 11.9 Å². The van der Waals surface area contributed by atoms with E-state index < -0.39 is 0 Å². The molecule has 0 radical (unpaired) electrons. The highest BCUT2D eigenvalue weighted by Gasteiger charge is 2.32. The van der Waals surface area contributed by atoms with Crippen LogP contribution >= 0.6 is 0 Å². The number of anilines is 1. The summed E-state index contributed by atoms with van der Waals surface area (Å²) in [6.07, 6.45) is 5.32. The van der Waals surface area contributed by atoms with Gasteiger partial charge in [-0.3, -0.25) is 4.79 Å². The Morgan fingerprint density at radius 2 is 1.95 bits per heavy atom. The van der Waals surface area contributed by atoms with Gasteiger partial charge < -0.3 is 4.90 Å². The van der Waals surface area contributed by atoms with E-state index in [0.717, 1.165) is 12.8 Å². The Kier molecular flexibility index (Phi) is 4.62. The number of rotatable bonds is 4. The van der Waals surface area contributed by atoms with E-state index >= 15 is 0 Å². The molecule has 0 saturated heterocycles. The van der Waals surface area contributed by atoms with Crippen LogP contribution in [-0.2, 0) is 4.79 Å². The third-order valence-corrected chi connectivity index (χ3v) is 4.48. The van der Waals surface area contributed by atoms with Gasteiger partial charge in [0.2, 0.25) is 0 Å². The fourth-order valence-corrected chi connectivity index (χ4v) is 3.35. The second-order valence-electron chi connectivity index (χ2n) is 5.68. The molecule has 0 N–H and O–H groups in total. The van der Waals surface area contributed by atoms with Gasteiger partial charge in [0.15, 0.2) is 0 Å². The van der Waals surface area contributed by atoms with Crippen LogP contribution in [0.5, 0.6) is 0 Å². The molecule has 1 fully saturated rings. The Morgan fingerprint density at radius 3 is 2.63 bits per heavy atom. The Labute approximate surface area is 116 Å². The van der Waals surface area contributed by atoms with Crippen molar-refractivity contribution in [2.45, 2.75) is 52.0 Å². The minimum atomic E-state index is 0.225. The van der Waals surface area contributed by atoms with Crippen molar-refractivity contribution < 1.29 is 4.79 Å². The first kappa shape index (κ1) is 14.1. The van der Waals surface area contributed by atoms with Gasteiger partial charge >= 0.3 is 0 Å². The second kappa shape index (κ2) is 6.23. The number of aryl methyl sites for hydroxylation is 1. The summed E-state index contributed by atoms with van der Waals surface area (Å²) in [6.45, 7) is 4.13. The molecule has 0 aromatic heterocycles. The lowest BCUT2D eigenvalue weighted by Crippen LogP contribution is -2.43. The van der Waals surface area contributed by atoms with Gasteiger partial charge in [-0.2, -0.15) is 0 Å². The maximum Gasteiger partial charge on any atom is 0.137 e. The topological polar surface area (TPSA) is 20.3 Å². The van der Waals surface area contributed by atoms with Crippen LogP contribution in [0.1, 0.15) is 44.6 Å². The molecule has 0 bridgehead atoms. The summed E-state index contributed by atoms with van der Waals surface area (Å²) in [5.74, 6) is 0.661. The van der Waals surface area contributed by atoms with Gasteiger partial charge in [-0.1, -0.05) is 38.0 Å². The van der Waals surface area contributed by atoms with Crippen molar-refractivity contribution in [2.24, 2.45) is 5.92 Å². The van der Waals surface area contributed by atoms with Gasteiger partial charge in [0.25, 0.3) is 0 Å². The molecule has 1 saturated carbocycles. The monoisotopic (exact) mass is 259 g/mol. The maximum atomic E-state index is 12.2. The average Bonchev–Trinajstić information content (AvgIpc) is 2.46. The van der Waals surface area contributed by atoms with E-state index in [1.165, 1.54) is 24.1 Å². The first-order valence-electron chi connectivity index (χ1n) is 7.46. The number of hydrogen-bond acceptors (Lipinski definition) is 2. The lowest BCUT2D eigenvalue weighted by Gasteiger charge is -2.39. The van der Waals surface area contributed by atoms with E-state index in [9.17, 15) is 4.79 Å². The van der Waals surface area contributed by atoms with Crippen molar-refractivity contribution in [3.63, 3.8) is 0 Å². The quantitative estimate of drug-likeness (QED) is 0.815. The van der Waals surface area contributed by atoms with E-state index in [2.05, 4.69) is 43.1 Å². The minimum absolute atomic E-state index is 0.225. The molecule has 1 aliphatic carbocycles. The van der Waals surface area contributed by atoms with Gasteiger partial charge in [0, 0.05) is 31.1 Å².